The lowest BCUT2D eigenvalue weighted by Crippen LogP contribution is -2.32. The Balaban J connectivity index is 2.35. The van der Waals surface area contributed by atoms with Crippen LogP contribution in [-0.4, -0.2) is 29.8 Å². The van der Waals surface area contributed by atoms with E-state index in [1.165, 1.54) is 0 Å². The topological polar surface area (TPSA) is 49.4 Å². The molecule has 0 fully saturated rings. The van der Waals surface area contributed by atoms with Gasteiger partial charge in [-0.05, 0) is 43.9 Å². The second-order valence-corrected chi connectivity index (χ2v) is 6.99. The maximum atomic E-state index is 12.2. The molecule has 0 radical (unpaired) electrons. The van der Waals surface area contributed by atoms with Crippen LogP contribution in [-0.2, 0) is 9.59 Å². The predicted octanol–water partition coefficient (Wildman–Crippen LogP) is 4.45. The Labute approximate surface area is 154 Å². The third-order valence-electron chi connectivity index (χ3n) is 3.88. The van der Waals surface area contributed by atoms with Crippen LogP contribution >= 0.6 is 15.9 Å². The average Bonchev–Trinajstić information content (AvgIpc) is 2.55. The first-order chi connectivity index (χ1) is 11.5. The molecule has 0 saturated carbocycles. The number of hydrogen-bond acceptors (Lipinski definition) is 2. The smallest absolute Gasteiger partial charge is 0.222 e. The zero-order valence-electron chi connectivity index (χ0n) is 15.0. The Morgan fingerprint density at radius 1 is 1.08 bits per heavy atom. The summed E-state index contributed by atoms with van der Waals surface area (Å²) in [6.07, 6.45) is 3.37. The van der Waals surface area contributed by atoms with Gasteiger partial charge in [0.25, 0.3) is 0 Å². The minimum Gasteiger partial charge on any atom is -0.350 e. The Morgan fingerprint density at radius 3 is 2.21 bits per heavy atom. The fraction of sp³-hybridized carbons (Fsp3) is 0.579. The van der Waals surface area contributed by atoms with Crippen molar-refractivity contribution in [2.75, 3.05) is 13.1 Å². The summed E-state index contributed by atoms with van der Waals surface area (Å²) in [6.45, 7) is 7.73. The highest BCUT2D eigenvalue weighted by Crippen LogP contribution is 2.16. The van der Waals surface area contributed by atoms with Crippen molar-refractivity contribution in [3.8, 4) is 0 Å². The maximum Gasteiger partial charge on any atom is 0.222 e. The van der Waals surface area contributed by atoms with E-state index in [9.17, 15) is 9.59 Å². The van der Waals surface area contributed by atoms with Gasteiger partial charge in [0, 0.05) is 30.4 Å². The van der Waals surface area contributed by atoms with E-state index in [1.807, 2.05) is 36.1 Å². The van der Waals surface area contributed by atoms with Crippen molar-refractivity contribution in [1.29, 1.82) is 0 Å². The van der Waals surface area contributed by atoms with E-state index in [2.05, 4.69) is 35.1 Å². The standard InChI is InChI=1S/C19H29BrN2O2/c1-4-13-22(14-5-2)19(24)8-6-7-18(23)21-15(3)16-9-11-17(20)12-10-16/h9-12,15H,4-8,13-14H2,1-3H3,(H,21,23). The molecule has 134 valence electrons. The number of rotatable bonds is 10. The highest BCUT2D eigenvalue weighted by Gasteiger charge is 2.13. The molecule has 1 N–H and O–H groups in total. The molecule has 1 unspecified atom stereocenters. The van der Waals surface area contributed by atoms with Gasteiger partial charge in [0.1, 0.15) is 0 Å². The van der Waals surface area contributed by atoms with Crippen molar-refractivity contribution in [3.05, 3.63) is 34.3 Å². The Kier molecular flexibility index (Phi) is 9.69. The molecule has 0 bridgehead atoms. The van der Waals surface area contributed by atoms with Crippen molar-refractivity contribution >= 4 is 27.7 Å². The number of nitrogens with one attached hydrogen (secondary N) is 1. The number of nitrogens with zero attached hydrogens (tertiary/aromatic N) is 1. The summed E-state index contributed by atoms with van der Waals surface area (Å²) in [5.74, 6) is 0.156. The van der Waals surface area contributed by atoms with Gasteiger partial charge in [-0.25, -0.2) is 0 Å². The Hall–Kier alpha value is -1.36. The predicted molar refractivity (Wildman–Crippen MR) is 102 cm³/mol. The first kappa shape index (κ1) is 20.7. The highest BCUT2D eigenvalue weighted by molar-refractivity contribution is 9.10. The average molecular weight is 397 g/mol. The largest absolute Gasteiger partial charge is 0.350 e. The SMILES string of the molecule is CCCN(CCC)C(=O)CCCC(=O)NC(C)c1ccc(Br)cc1. The van der Waals surface area contributed by atoms with E-state index in [0.717, 1.165) is 36.0 Å². The van der Waals surface area contributed by atoms with Gasteiger partial charge in [-0.1, -0.05) is 41.9 Å². The monoisotopic (exact) mass is 396 g/mol. The fourth-order valence-corrected chi connectivity index (χ4v) is 2.87. The molecule has 1 rings (SSSR count). The molecule has 1 atom stereocenters. The van der Waals surface area contributed by atoms with Gasteiger partial charge in [0.15, 0.2) is 0 Å². The number of hydrogen-bond donors (Lipinski definition) is 1. The molecule has 1 aromatic rings. The van der Waals surface area contributed by atoms with Crippen LogP contribution in [0.4, 0.5) is 0 Å². The summed E-state index contributed by atoms with van der Waals surface area (Å²) < 4.78 is 1.02. The van der Waals surface area contributed by atoms with Gasteiger partial charge in [-0.2, -0.15) is 0 Å². The van der Waals surface area contributed by atoms with Gasteiger partial charge in [-0.3, -0.25) is 9.59 Å². The third-order valence-corrected chi connectivity index (χ3v) is 4.41. The molecule has 0 aliphatic carbocycles. The number of carbonyl (C=O) groups excluding carboxylic acids is 2. The number of amides is 2. The summed E-state index contributed by atoms with van der Waals surface area (Å²) >= 11 is 3.40. The van der Waals surface area contributed by atoms with Crippen LogP contribution in [0.3, 0.4) is 0 Å². The lowest BCUT2D eigenvalue weighted by Gasteiger charge is -2.21. The lowest BCUT2D eigenvalue weighted by molar-refractivity contribution is -0.131. The molecular formula is C19H29BrN2O2. The summed E-state index contributed by atoms with van der Waals surface area (Å²) in [5, 5.41) is 2.99. The molecular weight excluding hydrogens is 368 g/mol. The van der Waals surface area contributed by atoms with Crippen molar-refractivity contribution in [2.24, 2.45) is 0 Å². The van der Waals surface area contributed by atoms with Crippen molar-refractivity contribution in [1.82, 2.24) is 10.2 Å². The second kappa shape index (κ2) is 11.2. The van der Waals surface area contributed by atoms with Gasteiger partial charge in [-0.15, -0.1) is 0 Å². The summed E-state index contributed by atoms with van der Waals surface area (Å²) in [4.78, 5) is 26.1. The van der Waals surface area contributed by atoms with Crippen LogP contribution in [0.15, 0.2) is 28.7 Å². The van der Waals surface area contributed by atoms with Crippen LogP contribution < -0.4 is 5.32 Å². The molecule has 5 heteroatoms. The van der Waals surface area contributed by atoms with E-state index in [4.69, 9.17) is 0 Å². The van der Waals surface area contributed by atoms with Crippen LogP contribution in [0.2, 0.25) is 0 Å². The minimum atomic E-state index is -0.0296. The molecule has 0 aliphatic rings. The molecule has 0 aromatic heterocycles. The van der Waals surface area contributed by atoms with Crippen molar-refractivity contribution in [3.63, 3.8) is 0 Å². The van der Waals surface area contributed by atoms with Crippen LogP contribution in [0, 0.1) is 0 Å². The third kappa shape index (κ3) is 7.47. The fourth-order valence-electron chi connectivity index (χ4n) is 2.61. The number of halogens is 1. The van der Waals surface area contributed by atoms with Gasteiger partial charge in [0.2, 0.25) is 11.8 Å². The van der Waals surface area contributed by atoms with E-state index in [-0.39, 0.29) is 17.9 Å². The van der Waals surface area contributed by atoms with Crippen LogP contribution in [0.1, 0.15) is 64.5 Å². The van der Waals surface area contributed by atoms with E-state index < -0.39 is 0 Å². The van der Waals surface area contributed by atoms with Crippen LogP contribution in [0.5, 0.6) is 0 Å². The zero-order valence-corrected chi connectivity index (χ0v) is 16.6. The van der Waals surface area contributed by atoms with E-state index >= 15 is 0 Å². The molecule has 4 nitrogen and oxygen atoms in total. The molecule has 1 aromatic carbocycles. The lowest BCUT2D eigenvalue weighted by atomic mass is 10.1. The Morgan fingerprint density at radius 2 is 1.67 bits per heavy atom. The first-order valence-corrected chi connectivity index (χ1v) is 9.59. The van der Waals surface area contributed by atoms with E-state index in [0.29, 0.717) is 19.3 Å². The molecule has 24 heavy (non-hydrogen) atoms. The second-order valence-electron chi connectivity index (χ2n) is 6.08. The van der Waals surface area contributed by atoms with Gasteiger partial charge >= 0.3 is 0 Å². The summed E-state index contributed by atoms with van der Waals surface area (Å²) in [7, 11) is 0. The molecule has 0 aliphatic heterocycles. The van der Waals surface area contributed by atoms with E-state index in [1.54, 1.807) is 0 Å². The zero-order chi connectivity index (χ0) is 17.9. The highest BCUT2D eigenvalue weighted by atomic mass is 79.9. The van der Waals surface area contributed by atoms with Crippen molar-refractivity contribution < 1.29 is 9.59 Å². The minimum absolute atomic E-state index is 0.00393. The van der Waals surface area contributed by atoms with Gasteiger partial charge in [0.05, 0.1) is 6.04 Å². The maximum absolute atomic E-state index is 12.2. The van der Waals surface area contributed by atoms with Crippen LogP contribution in [0.25, 0.3) is 0 Å². The van der Waals surface area contributed by atoms with Crippen molar-refractivity contribution in [2.45, 2.75) is 58.9 Å². The molecule has 0 spiro atoms. The molecule has 0 saturated heterocycles. The quantitative estimate of drug-likeness (QED) is 0.634. The van der Waals surface area contributed by atoms with Gasteiger partial charge < -0.3 is 10.2 Å². The molecule has 2 amide bonds. The summed E-state index contributed by atoms with van der Waals surface area (Å²) in [5.41, 5.74) is 1.07. The number of carbonyl (C=O) groups is 2. The Bertz CT molecular complexity index is 511. The first-order valence-electron chi connectivity index (χ1n) is 8.80. The normalized spacial score (nSPS) is 11.8. The molecule has 0 heterocycles. The number of benzene rings is 1. The summed E-state index contributed by atoms with van der Waals surface area (Å²) in [6, 6.07) is 7.88.